The Morgan fingerprint density at radius 1 is 1.45 bits per heavy atom. The number of carbonyl (C=O) groups is 1. The Balaban J connectivity index is 2.01. The van der Waals surface area contributed by atoms with Crippen LogP contribution in [0.3, 0.4) is 0 Å². The molecular weight excluding hydrogens is 250 g/mol. The molecule has 0 aliphatic carbocycles. The van der Waals surface area contributed by atoms with Crippen molar-refractivity contribution in [1.29, 1.82) is 0 Å². The van der Waals surface area contributed by atoms with Gasteiger partial charge in [-0.3, -0.25) is 9.69 Å². The van der Waals surface area contributed by atoms with Gasteiger partial charge in [0.15, 0.2) is 0 Å². The van der Waals surface area contributed by atoms with Crippen molar-refractivity contribution in [2.24, 2.45) is 5.92 Å². The molecule has 0 saturated carbocycles. The molecule has 1 aromatic rings. The van der Waals surface area contributed by atoms with Gasteiger partial charge in [-0.25, -0.2) is 0 Å². The van der Waals surface area contributed by atoms with Gasteiger partial charge in [-0.15, -0.1) is 0 Å². The highest BCUT2D eigenvalue weighted by Gasteiger charge is 2.26. The van der Waals surface area contributed by atoms with Gasteiger partial charge < -0.3 is 5.11 Å². The number of piperidine rings is 1. The van der Waals surface area contributed by atoms with Gasteiger partial charge in [0.1, 0.15) is 0 Å². The van der Waals surface area contributed by atoms with Crippen molar-refractivity contribution in [2.75, 3.05) is 6.54 Å². The number of carboxylic acid groups (broad SMARTS) is 1. The summed E-state index contributed by atoms with van der Waals surface area (Å²) in [6.45, 7) is 5.97. The lowest BCUT2D eigenvalue weighted by molar-refractivity contribution is -0.141. The summed E-state index contributed by atoms with van der Waals surface area (Å²) in [6.07, 6.45) is 4.34. The van der Waals surface area contributed by atoms with Crippen LogP contribution >= 0.6 is 0 Å². The number of hydrogen-bond acceptors (Lipinski definition) is 2. The number of rotatable bonds is 5. The van der Waals surface area contributed by atoms with Crippen LogP contribution in [-0.2, 0) is 11.3 Å². The van der Waals surface area contributed by atoms with Crippen molar-refractivity contribution in [3.05, 3.63) is 35.4 Å². The van der Waals surface area contributed by atoms with E-state index in [0.29, 0.717) is 6.04 Å². The van der Waals surface area contributed by atoms with Crippen molar-refractivity contribution in [3.8, 4) is 0 Å². The van der Waals surface area contributed by atoms with Gasteiger partial charge >= 0.3 is 5.97 Å². The molecule has 0 radical (unpaired) electrons. The minimum absolute atomic E-state index is 0.252. The van der Waals surface area contributed by atoms with Crippen molar-refractivity contribution in [2.45, 2.75) is 52.1 Å². The highest BCUT2D eigenvalue weighted by atomic mass is 16.4. The highest BCUT2D eigenvalue weighted by molar-refractivity contribution is 5.69. The van der Waals surface area contributed by atoms with E-state index in [0.717, 1.165) is 25.9 Å². The number of nitrogens with zero attached hydrogens (tertiary/aromatic N) is 1. The number of carboxylic acids is 1. The normalized spacial score (nSPS) is 21.6. The van der Waals surface area contributed by atoms with E-state index in [1.807, 2.05) is 6.92 Å². The quantitative estimate of drug-likeness (QED) is 0.894. The summed E-state index contributed by atoms with van der Waals surface area (Å²) < 4.78 is 0. The van der Waals surface area contributed by atoms with E-state index in [1.165, 1.54) is 24.0 Å². The molecule has 0 amide bonds. The molecule has 2 unspecified atom stereocenters. The molecule has 110 valence electrons. The maximum Gasteiger partial charge on any atom is 0.306 e. The lowest BCUT2D eigenvalue weighted by atomic mass is 9.92. The molecule has 2 atom stereocenters. The van der Waals surface area contributed by atoms with Crippen LogP contribution < -0.4 is 0 Å². The van der Waals surface area contributed by atoms with Crippen molar-refractivity contribution < 1.29 is 9.90 Å². The zero-order valence-corrected chi connectivity index (χ0v) is 12.5. The smallest absolute Gasteiger partial charge is 0.306 e. The van der Waals surface area contributed by atoms with E-state index in [2.05, 4.69) is 36.1 Å². The summed E-state index contributed by atoms with van der Waals surface area (Å²) in [6, 6.07) is 9.02. The molecule has 0 spiro atoms. The fraction of sp³-hybridized carbons (Fsp3) is 0.588. The minimum atomic E-state index is -0.675. The molecule has 20 heavy (non-hydrogen) atoms. The third kappa shape index (κ3) is 4.07. The largest absolute Gasteiger partial charge is 0.481 e. The molecule has 1 fully saturated rings. The second-order valence-electron chi connectivity index (χ2n) is 6.08. The first-order valence-electron chi connectivity index (χ1n) is 7.58. The van der Waals surface area contributed by atoms with E-state index >= 15 is 0 Å². The lowest BCUT2D eigenvalue weighted by Gasteiger charge is -2.36. The predicted molar refractivity (Wildman–Crippen MR) is 80.6 cm³/mol. The van der Waals surface area contributed by atoms with Gasteiger partial charge in [0.25, 0.3) is 0 Å². The first-order chi connectivity index (χ1) is 9.56. The van der Waals surface area contributed by atoms with Gasteiger partial charge in [-0.2, -0.15) is 0 Å². The van der Waals surface area contributed by atoms with E-state index in [9.17, 15) is 4.79 Å². The third-order valence-corrected chi connectivity index (χ3v) is 4.26. The molecule has 3 nitrogen and oxygen atoms in total. The van der Waals surface area contributed by atoms with Crippen LogP contribution in [0, 0.1) is 12.8 Å². The summed E-state index contributed by atoms with van der Waals surface area (Å²) in [5.41, 5.74) is 2.62. The molecular formula is C17H25NO2. The Bertz CT molecular complexity index is 458. The van der Waals surface area contributed by atoms with Crippen molar-refractivity contribution >= 4 is 5.97 Å². The first kappa shape index (κ1) is 15.0. The maximum absolute atomic E-state index is 11.1. The van der Waals surface area contributed by atoms with E-state index < -0.39 is 5.97 Å². The molecule has 1 aliphatic rings. The Kier molecular flexibility index (Phi) is 5.18. The lowest BCUT2D eigenvalue weighted by Crippen LogP contribution is -2.40. The third-order valence-electron chi connectivity index (χ3n) is 4.26. The number of benzene rings is 1. The number of aryl methyl sites for hydroxylation is 1. The second-order valence-corrected chi connectivity index (χ2v) is 6.08. The number of aliphatic carboxylic acids is 1. The van der Waals surface area contributed by atoms with Crippen LogP contribution in [0.25, 0.3) is 0 Å². The van der Waals surface area contributed by atoms with Crippen LogP contribution in [0.15, 0.2) is 24.3 Å². The fourth-order valence-corrected chi connectivity index (χ4v) is 3.09. The molecule has 1 aliphatic heterocycles. The second kappa shape index (κ2) is 6.89. The molecule has 1 aromatic carbocycles. The van der Waals surface area contributed by atoms with Gasteiger partial charge in [-0.1, -0.05) is 43.2 Å². The predicted octanol–water partition coefficient (Wildman–Crippen LogP) is 3.46. The van der Waals surface area contributed by atoms with Gasteiger partial charge in [0.2, 0.25) is 0 Å². The molecule has 0 aromatic heterocycles. The molecule has 0 bridgehead atoms. The fourth-order valence-electron chi connectivity index (χ4n) is 3.09. The van der Waals surface area contributed by atoms with Crippen LogP contribution in [0.4, 0.5) is 0 Å². The average Bonchev–Trinajstić information content (AvgIpc) is 2.41. The van der Waals surface area contributed by atoms with E-state index in [-0.39, 0.29) is 5.92 Å². The van der Waals surface area contributed by atoms with Crippen LogP contribution in [-0.4, -0.2) is 28.6 Å². The summed E-state index contributed by atoms with van der Waals surface area (Å²) in [7, 11) is 0. The standard InChI is InChI=1S/C17H25NO2/c1-13-6-5-7-15(10-13)12-18-9-4-3-8-16(18)11-14(2)17(19)20/h5-7,10,14,16H,3-4,8-9,11-12H2,1-2H3,(H,19,20). The Hall–Kier alpha value is -1.35. The summed E-state index contributed by atoms with van der Waals surface area (Å²) >= 11 is 0. The van der Waals surface area contributed by atoms with Crippen molar-refractivity contribution in [1.82, 2.24) is 4.90 Å². The monoisotopic (exact) mass is 275 g/mol. The molecule has 2 rings (SSSR count). The maximum atomic E-state index is 11.1. The summed E-state index contributed by atoms with van der Waals surface area (Å²) in [5.74, 6) is -0.927. The van der Waals surface area contributed by atoms with Gasteiger partial charge in [0, 0.05) is 12.6 Å². The topological polar surface area (TPSA) is 40.5 Å². The number of likely N-dealkylation sites (tertiary alicyclic amines) is 1. The summed E-state index contributed by atoms with van der Waals surface area (Å²) in [5, 5.41) is 9.11. The zero-order chi connectivity index (χ0) is 14.5. The Morgan fingerprint density at radius 2 is 2.25 bits per heavy atom. The van der Waals surface area contributed by atoms with Crippen LogP contribution in [0.5, 0.6) is 0 Å². The van der Waals surface area contributed by atoms with Gasteiger partial charge in [0.05, 0.1) is 5.92 Å². The Labute approximate surface area is 121 Å². The molecule has 3 heteroatoms. The molecule has 1 saturated heterocycles. The van der Waals surface area contributed by atoms with Crippen molar-refractivity contribution in [3.63, 3.8) is 0 Å². The SMILES string of the molecule is Cc1cccc(CN2CCCCC2CC(C)C(=O)O)c1. The number of hydrogen-bond donors (Lipinski definition) is 1. The molecule has 1 heterocycles. The van der Waals surface area contributed by atoms with Crippen LogP contribution in [0.1, 0.15) is 43.7 Å². The Morgan fingerprint density at radius 3 is 2.95 bits per heavy atom. The van der Waals surface area contributed by atoms with Gasteiger partial charge in [-0.05, 0) is 38.3 Å². The van der Waals surface area contributed by atoms with E-state index in [1.54, 1.807) is 0 Å². The van der Waals surface area contributed by atoms with E-state index in [4.69, 9.17) is 5.11 Å². The first-order valence-corrected chi connectivity index (χ1v) is 7.58. The average molecular weight is 275 g/mol. The summed E-state index contributed by atoms with van der Waals surface area (Å²) in [4.78, 5) is 13.5. The highest BCUT2D eigenvalue weighted by Crippen LogP contribution is 2.25. The minimum Gasteiger partial charge on any atom is -0.481 e. The molecule has 1 N–H and O–H groups in total. The zero-order valence-electron chi connectivity index (χ0n) is 12.5. The van der Waals surface area contributed by atoms with Crippen LogP contribution in [0.2, 0.25) is 0 Å².